The molecule has 2 heteroatoms. The van der Waals surface area contributed by atoms with Crippen LogP contribution in [0.3, 0.4) is 0 Å². The van der Waals surface area contributed by atoms with Gasteiger partial charge in [-0.2, -0.15) is 0 Å². The second-order valence-corrected chi connectivity index (χ2v) is 15.6. The first-order chi connectivity index (χ1) is 18.2. The van der Waals surface area contributed by atoms with E-state index in [0.29, 0.717) is 0 Å². The summed E-state index contributed by atoms with van der Waals surface area (Å²) in [6, 6.07) is 20.9. The van der Waals surface area contributed by atoms with Gasteiger partial charge >= 0.3 is 0 Å². The summed E-state index contributed by atoms with van der Waals surface area (Å²) in [5.41, 5.74) is 8.36. The average Bonchev–Trinajstić information content (AvgIpc) is 2.81. The van der Waals surface area contributed by atoms with Crippen LogP contribution in [0.1, 0.15) is 105 Å². The van der Waals surface area contributed by atoms with Crippen molar-refractivity contribution in [3.05, 3.63) is 82.9 Å². The smallest absolute Gasteiger partial charge is 0.124 e. The van der Waals surface area contributed by atoms with E-state index in [2.05, 4.69) is 119 Å². The summed E-state index contributed by atoms with van der Waals surface area (Å²) in [6.45, 7) is 26.7. The number of hydrogen-bond acceptors (Lipinski definition) is 2. The lowest BCUT2D eigenvalue weighted by Gasteiger charge is -2.27. The van der Waals surface area contributed by atoms with E-state index in [1.54, 1.807) is 12.1 Å². The molecule has 0 heterocycles. The molecule has 212 valence electrons. The molecule has 0 aliphatic rings. The molecule has 0 aliphatic heterocycles. The topological polar surface area (TPSA) is 40.5 Å². The van der Waals surface area contributed by atoms with Crippen LogP contribution in [0.25, 0.3) is 33.0 Å². The second-order valence-electron chi connectivity index (χ2n) is 15.6. The van der Waals surface area contributed by atoms with E-state index in [0.717, 1.165) is 33.0 Å². The summed E-state index contributed by atoms with van der Waals surface area (Å²) in [7, 11) is 0. The van der Waals surface area contributed by atoms with Crippen molar-refractivity contribution in [3.63, 3.8) is 0 Å². The maximum absolute atomic E-state index is 11.3. The molecule has 0 spiro atoms. The first-order valence-electron chi connectivity index (χ1n) is 14.5. The van der Waals surface area contributed by atoms with Crippen molar-refractivity contribution >= 4 is 10.8 Å². The number of aromatic hydroxyl groups is 2. The Morgan fingerprint density at radius 3 is 0.850 bits per heavy atom. The van der Waals surface area contributed by atoms with E-state index in [1.807, 2.05) is 12.1 Å². The van der Waals surface area contributed by atoms with Gasteiger partial charge < -0.3 is 10.2 Å². The Labute approximate surface area is 242 Å². The summed E-state index contributed by atoms with van der Waals surface area (Å²) < 4.78 is 0. The van der Waals surface area contributed by atoms with Crippen molar-refractivity contribution in [2.24, 2.45) is 0 Å². The van der Waals surface area contributed by atoms with E-state index >= 15 is 0 Å². The second kappa shape index (κ2) is 9.68. The number of hydrogen-bond donors (Lipinski definition) is 2. The van der Waals surface area contributed by atoms with Gasteiger partial charge in [0.1, 0.15) is 11.5 Å². The van der Waals surface area contributed by atoms with Crippen molar-refractivity contribution in [1.82, 2.24) is 0 Å². The highest BCUT2D eigenvalue weighted by Gasteiger charge is 2.25. The Balaban J connectivity index is 2.10. The van der Waals surface area contributed by atoms with Gasteiger partial charge in [0.15, 0.2) is 0 Å². The number of benzene rings is 4. The maximum atomic E-state index is 11.3. The maximum Gasteiger partial charge on any atom is 0.124 e. The predicted octanol–water partition coefficient (Wildman–Crippen LogP) is 10.8. The van der Waals surface area contributed by atoms with Gasteiger partial charge in [0.2, 0.25) is 0 Å². The van der Waals surface area contributed by atoms with Gasteiger partial charge in [-0.3, -0.25) is 0 Å². The Morgan fingerprint density at radius 1 is 0.375 bits per heavy atom. The summed E-state index contributed by atoms with van der Waals surface area (Å²) in [6.07, 6.45) is 0. The van der Waals surface area contributed by atoms with E-state index in [1.165, 1.54) is 22.3 Å². The fraction of sp³-hybridized carbons (Fsp3) is 0.421. The van der Waals surface area contributed by atoms with E-state index < -0.39 is 0 Å². The largest absolute Gasteiger partial charge is 0.507 e. The Morgan fingerprint density at radius 2 is 0.625 bits per heavy atom. The molecule has 4 rings (SSSR count). The van der Waals surface area contributed by atoms with Crippen molar-refractivity contribution < 1.29 is 10.2 Å². The minimum absolute atomic E-state index is 0.0452. The van der Waals surface area contributed by atoms with Gasteiger partial charge in [-0.1, -0.05) is 119 Å². The molecule has 0 aromatic heterocycles. The van der Waals surface area contributed by atoms with Crippen LogP contribution in [0, 0.1) is 0 Å². The molecule has 0 saturated carbocycles. The normalized spacial score (nSPS) is 13.2. The third-order valence-electron chi connectivity index (χ3n) is 8.06. The van der Waals surface area contributed by atoms with E-state index in [-0.39, 0.29) is 33.2 Å². The molecule has 4 aromatic carbocycles. The van der Waals surface area contributed by atoms with Crippen LogP contribution >= 0.6 is 0 Å². The van der Waals surface area contributed by atoms with Crippen LogP contribution in [0.4, 0.5) is 0 Å². The van der Waals surface area contributed by atoms with Crippen molar-refractivity contribution in [1.29, 1.82) is 0 Å². The molecule has 0 fully saturated rings. The molecule has 0 saturated heterocycles. The zero-order valence-corrected chi connectivity index (χ0v) is 26.7. The van der Waals surface area contributed by atoms with E-state index in [9.17, 15) is 10.2 Å². The summed E-state index contributed by atoms with van der Waals surface area (Å²) in [5, 5.41) is 24.5. The summed E-state index contributed by atoms with van der Waals surface area (Å²) >= 11 is 0. The zero-order chi connectivity index (χ0) is 30.0. The highest BCUT2D eigenvalue weighted by atomic mass is 16.3. The zero-order valence-electron chi connectivity index (χ0n) is 26.7. The van der Waals surface area contributed by atoms with Gasteiger partial charge in [0.05, 0.1) is 0 Å². The van der Waals surface area contributed by atoms with Gasteiger partial charge in [-0.25, -0.2) is 0 Å². The fourth-order valence-electron chi connectivity index (χ4n) is 5.27. The third-order valence-corrected chi connectivity index (χ3v) is 8.06. The highest BCUT2D eigenvalue weighted by molar-refractivity contribution is 6.08. The lowest BCUT2D eigenvalue weighted by Crippen LogP contribution is -2.16. The van der Waals surface area contributed by atoms with Crippen LogP contribution in [-0.2, 0) is 21.7 Å². The number of phenols is 2. The third kappa shape index (κ3) is 5.78. The molecule has 0 aliphatic carbocycles. The van der Waals surface area contributed by atoms with Crippen molar-refractivity contribution in [3.8, 4) is 33.8 Å². The molecule has 40 heavy (non-hydrogen) atoms. The Bertz CT molecular complexity index is 1390. The van der Waals surface area contributed by atoms with Gasteiger partial charge in [0, 0.05) is 11.1 Å². The van der Waals surface area contributed by atoms with Crippen LogP contribution < -0.4 is 0 Å². The number of phenolic OH excluding ortho intramolecular Hbond substituents is 2. The van der Waals surface area contributed by atoms with Crippen LogP contribution in [-0.4, -0.2) is 10.2 Å². The number of rotatable bonds is 2. The molecular weight excluding hydrogens is 488 g/mol. The summed E-state index contributed by atoms with van der Waals surface area (Å²) in [4.78, 5) is 0. The molecule has 0 bridgehead atoms. The molecule has 0 atom stereocenters. The van der Waals surface area contributed by atoms with Gasteiger partial charge in [-0.05, 0) is 90.1 Å². The monoisotopic (exact) mass is 536 g/mol. The molecule has 2 N–H and O–H groups in total. The van der Waals surface area contributed by atoms with Crippen molar-refractivity contribution in [2.75, 3.05) is 0 Å². The molecule has 2 nitrogen and oxygen atoms in total. The first-order valence-corrected chi connectivity index (χ1v) is 14.5. The van der Waals surface area contributed by atoms with Crippen LogP contribution in [0.2, 0.25) is 0 Å². The minimum atomic E-state index is -0.0452. The Hall–Kier alpha value is -3.26. The van der Waals surface area contributed by atoms with Gasteiger partial charge in [-0.15, -0.1) is 0 Å². The van der Waals surface area contributed by atoms with Gasteiger partial charge in [0.25, 0.3) is 0 Å². The van der Waals surface area contributed by atoms with E-state index in [4.69, 9.17) is 0 Å². The van der Waals surface area contributed by atoms with Crippen molar-refractivity contribution in [2.45, 2.75) is 105 Å². The fourth-order valence-corrected chi connectivity index (χ4v) is 5.27. The molecular formula is C38H48O2. The van der Waals surface area contributed by atoms with Crippen LogP contribution in [0.5, 0.6) is 11.5 Å². The first kappa shape index (κ1) is 29.7. The quantitative estimate of drug-likeness (QED) is 0.267. The minimum Gasteiger partial charge on any atom is -0.507 e. The standard InChI is InChI=1S/C38H48O2/c1-35(2,3)25-17-23(18-26(21-25)36(4,5)6)33-29-13-16-32(40)34(30(29)14-15-31(33)39)24-19-27(37(7,8)9)22-28(20-24)38(10,11)12/h13-22,39-40H,1-12H3. The number of fused-ring (bicyclic) bond motifs is 1. The molecule has 4 aromatic rings. The lowest BCUT2D eigenvalue weighted by molar-refractivity contribution is 0.476. The predicted molar refractivity (Wildman–Crippen MR) is 173 cm³/mol. The Kier molecular flexibility index (Phi) is 7.19. The summed E-state index contributed by atoms with van der Waals surface area (Å²) in [5.74, 6) is 0.489. The van der Waals surface area contributed by atoms with Crippen LogP contribution in [0.15, 0.2) is 60.7 Å². The average molecular weight is 537 g/mol. The SMILES string of the molecule is CC(C)(C)c1cc(-c2c(O)ccc3c(-c4cc(C(C)(C)C)cc(C(C)(C)C)c4)c(O)ccc23)cc(C(C)(C)C)c1. The molecule has 0 amide bonds. The highest BCUT2D eigenvalue weighted by Crippen LogP contribution is 2.46. The molecule has 0 radical (unpaired) electrons. The lowest BCUT2D eigenvalue weighted by atomic mass is 9.77. The molecule has 0 unspecified atom stereocenters.